The van der Waals surface area contributed by atoms with Gasteiger partial charge in [-0.1, -0.05) is 27.2 Å². The van der Waals surface area contributed by atoms with Crippen molar-refractivity contribution in [3.63, 3.8) is 0 Å². The monoisotopic (exact) mass is 256 g/mol. The number of aliphatic hydroxyl groups excluding tert-OH is 1. The molecule has 2 unspecified atom stereocenters. The van der Waals surface area contributed by atoms with Crippen LogP contribution >= 0.6 is 0 Å². The highest BCUT2D eigenvalue weighted by atomic mass is 16.3. The summed E-state index contributed by atoms with van der Waals surface area (Å²) >= 11 is 0. The van der Waals surface area contributed by atoms with Crippen molar-refractivity contribution in [2.75, 3.05) is 26.2 Å². The van der Waals surface area contributed by atoms with Crippen LogP contribution in [-0.2, 0) is 0 Å². The molecule has 1 fully saturated rings. The van der Waals surface area contributed by atoms with Gasteiger partial charge in [-0.2, -0.15) is 0 Å². The van der Waals surface area contributed by atoms with E-state index in [4.69, 9.17) is 0 Å². The van der Waals surface area contributed by atoms with Crippen molar-refractivity contribution in [1.29, 1.82) is 0 Å². The van der Waals surface area contributed by atoms with Crippen LogP contribution in [0.4, 0.5) is 0 Å². The Hall–Kier alpha value is -0.120. The molecule has 1 saturated carbocycles. The van der Waals surface area contributed by atoms with E-state index in [0.29, 0.717) is 6.04 Å². The van der Waals surface area contributed by atoms with Gasteiger partial charge in [0.25, 0.3) is 0 Å². The first kappa shape index (κ1) is 15.9. The maximum Gasteiger partial charge on any atom is 0.0613 e. The Morgan fingerprint density at radius 3 is 2.61 bits per heavy atom. The molecule has 18 heavy (non-hydrogen) atoms. The van der Waals surface area contributed by atoms with Gasteiger partial charge in [0.05, 0.1) is 6.61 Å². The molecule has 0 aromatic heterocycles. The second-order valence-electron chi connectivity index (χ2n) is 5.74. The van der Waals surface area contributed by atoms with Crippen LogP contribution in [0.2, 0.25) is 0 Å². The fourth-order valence-corrected chi connectivity index (χ4v) is 3.12. The molecule has 0 spiro atoms. The predicted octanol–water partition coefficient (Wildman–Crippen LogP) is 2.39. The normalized spacial score (nSPS) is 28.2. The van der Waals surface area contributed by atoms with Gasteiger partial charge in [-0.25, -0.2) is 0 Å². The number of nitrogens with zero attached hydrogens (tertiary/aromatic N) is 1. The second-order valence-corrected chi connectivity index (χ2v) is 5.74. The summed E-state index contributed by atoms with van der Waals surface area (Å²) in [6.07, 6.45) is 7.16. The number of hydrogen-bond donors (Lipinski definition) is 2. The smallest absolute Gasteiger partial charge is 0.0613 e. The lowest BCUT2D eigenvalue weighted by Crippen LogP contribution is -2.48. The van der Waals surface area contributed by atoms with E-state index in [1.165, 1.54) is 25.8 Å². The molecular formula is C15H32N2O. The van der Waals surface area contributed by atoms with E-state index in [1.807, 2.05) is 0 Å². The Balaban J connectivity index is 2.50. The van der Waals surface area contributed by atoms with Gasteiger partial charge in [0.2, 0.25) is 0 Å². The zero-order valence-electron chi connectivity index (χ0n) is 12.5. The summed E-state index contributed by atoms with van der Waals surface area (Å²) in [5.41, 5.74) is 0.000309. The summed E-state index contributed by atoms with van der Waals surface area (Å²) in [7, 11) is 0. The third-order valence-corrected chi connectivity index (χ3v) is 4.36. The first-order valence-corrected chi connectivity index (χ1v) is 7.81. The molecule has 0 saturated heterocycles. The SMILES string of the molecule is CCCCN(CC)C1CCC(CO)(NCCC)C1. The first-order valence-electron chi connectivity index (χ1n) is 7.81. The molecular weight excluding hydrogens is 224 g/mol. The van der Waals surface area contributed by atoms with Crippen LogP contribution in [0.5, 0.6) is 0 Å². The van der Waals surface area contributed by atoms with E-state index < -0.39 is 0 Å². The van der Waals surface area contributed by atoms with Crippen LogP contribution in [0.1, 0.15) is 59.3 Å². The van der Waals surface area contributed by atoms with Crippen molar-refractivity contribution in [1.82, 2.24) is 10.2 Å². The maximum atomic E-state index is 9.71. The lowest BCUT2D eigenvalue weighted by molar-refractivity contribution is 0.143. The first-order chi connectivity index (χ1) is 8.71. The molecule has 2 N–H and O–H groups in total. The Labute approximate surface area is 113 Å². The third kappa shape index (κ3) is 4.22. The van der Waals surface area contributed by atoms with Gasteiger partial charge < -0.3 is 15.3 Å². The molecule has 0 aromatic carbocycles. The van der Waals surface area contributed by atoms with Crippen molar-refractivity contribution in [3.8, 4) is 0 Å². The number of rotatable bonds is 9. The zero-order chi connectivity index (χ0) is 13.4. The maximum absolute atomic E-state index is 9.71. The van der Waals surface area contributed by atoms with Gasteiger partial charge in [-0.15, -0.1) is 0 Å². The Bertz CT molecular complexity index is 223. The molecule has 0 aliphatic heterocycles. The summed E-state index contributed by atoms with van der Waals surface area (Å²) in [5.74, 6) is 0. The number of unbranched alkanes of at least 4 members (excludes halogenated alkanes) is 1. The van der Waals surface area contributed by atoms with Crippen LogP contribution in [0.15, 0.2) is 0 Å². The molecule has 0 heterocycles. The fourth-order valence-electron chi connectivity index (χ4n) is 3.12. The molecule has 1 aliphatic carbocycles. The summed E-state index contributed by atoms with van der Waals surface area (Å²) < 4.78 is 0. The van der Waals surface area contributed by atoms with Gasteiger partial charge in [-0.05, 0) is 51.7 Å². The summed E-state index contributed by atoms with van der Waals surface area (Å²) in [4.78, 5) is 2.61. The van der Waals surface area contributed by atoms with Gasteiger partial charge in [0, 0.05) is 11.6 Å². The average molecular weight is 256 g/mol. The van der Waals surface area contributed by atoms with Crippen molar-refractivity contribution >= 4 is 0 Å². The topological polar surface area (TPSA) is 35.5 Å². The van der Waals surface area contributed by atoms with Crippen LogP contribution in [-0.4, -0.2) is 47.8 Å². The summed E-state index contributed by atoms with van der Waals surface area (Å²) in [5, 5.41) is 13.3. The molecule has 3 nitrogen and oxygen atoms in total. The fraction of sp³-hybridized carbons (Fsp3) is 1.00. The van der Waals surface area contributed by atoms with Crippen molar-refractivity contribution in [2.45, 2.75) is 70.9 Å². The highest BCUT2D eigenvalue weighted by molar-refractivity contribution is 4.99. The van der Waals surface area contributed by atoms with Crippen molar-refractivity contribution in [2.24, 2.45) is 0 Å². The molecule has 0 amide bonds. The number of aliphatic hydroxyl groups is 1. The van der Waals surface area contributed by atoms with Gasteiger partial charge in [0.1, 0.15) is 0 Å². The zero-order valence-corrected chi connectivity index (χ0v) is 12.5. The van der Waals surface area contributed by atoms with E-state index in [1.54, 1.807) is 0 Å². The van der Waals surface area contributed by atoms with E-state index in [0.717, 1.165) is 32.4 Å². The van der Waals surface area contributed by atoms with E-state index in [9.17, 15) is 5.11 Å². The molecule has 1 rings (SSSR count). The number of hydrogen-bond acceptors (Lipinski definition) is 3. The minimum absolute atomic E-state index is 0.000309. The van der Waals surface area contributed by atoms with Crippen molar-refractivity contribution < 1.29 is 5.11 Å². The lowest BCUT2D eigenvalue weighted by atomic mass is 9.98. The Kier molecular flexibility index (Phi) is 7.20. The largest absolute Gasteiger partial charge is 0.394 e. The molecule has 0 bridgehead atoms. The summed E-state index contributed by atoms with van der Waals surface area (Å²) in [6.45, 7) is 10.4. The van der Waals surface area contributed by atoms with Gasteiger partial charge in [-0.3, -0.25) is 0 Å². The molecule has 0 radical (unpaired) electrons. The van der Waals surface area contributed by atoms with Crippen LogP contribution in [0.25, 0.3) is 0 Å². The van der Waals surface area contributed by atoms with Crippen LogP contribution in [0.3, 0.4) is 0 Å². The third-order valence-electron chi connectivity index (χ3n) is 4.36. The molecule has 1 aliphatic rings. The van der Waals surface area contributed by atoms with Crippen LogP contribution in [0, 0.1) is 0 Å². The molecule has 2 atom stereocenters. The average Bonchev–Trinajstić information content (AvgIpc) is 2.82. The quantitative estimate of drug-likeness (QED) is 0.665. The standard InChI is InChI=1S/C15H32N2O/c1-4-7-11-17(6-3)14-8-9-15(12-14,13-18)16-10-5-2/h14,16,18H,4-13H2,1-3H3. The molecule has 0 aromatic rings. The predicted molar refractivity (Wildman–Crippen MR) is 77.9 cm³/mol. The van der Waals surface area contributed by atoms with E-state index >= 15 is 0 Å². The minimum atomic E-state index is 0.000309. The van der Waals surface area contributed by atoms with Crippen LogP contribution < -0.4 is 5.32 Å². The van der Waals surface area contributed by atoms with E-state index in [2.05, 4.69) is 31.0 Å². The van der Waals surface area contributed by atoms with Crippen molar-refractivity contribution in [3.05, 3.63) is 0 Å². The van der Waals surface area contributed by atoms with E-state index in [-0.39, 0.29) is 12.1 Å². The Morgan fingerprint density at radius 2 is 2.06 bits per heavy atom. The second kappa shape index (κ2) is 8.13. The van der Waals surface area contributed by atoms with Gasteiger partial charge in [0.15, 0.2) is 0 Å². The lowest BCUT2D eigenvalue weighted by Gasteiger charge is -2.32. The highest BCUT2D eigenvalue weighted by Crippen LogP contribution is 2.33. The minimum Gasteiger partial charge on any atom is -0.394 e. The number of nitrogens with one attached hydrogen (secondary N) is 1. The molecule has 3 heteroatoms. The molecule has 108 valence electrons. The summed E-state index contributed by atoms with van der Waals surface area (Å²) in [6, 6.07) is 0.665. The van der Waals surface area contributed by atoms with Gasteiger partial charge >= 0.3 is 0 Å². The highest BCUT2D eigenvalue weighted by Gasteiger charge is 2.39. The Morgan fingerprint density at radius 1 is 1.28 bits per heavy atom.